The third-order valence-electron chi connectivity index (χ3n) is 4.62. The van der Waals surface area contributed by atoms with Crippen LogP contribution < -0.4 is 9.47 Å². The Hall–Kier alpha value is -1.51. The van der Waals surface area contributed by atoms with Gasteiger partial charge in [-0.05, 0) is 49.3 Å². The Morgan fingerprint density at radius 2 is 2.09 bits per heavy atom. The van der Waals surface area contributed by atoms with Gasteiger partial charge >= 0.3 is 0 Å². The Bertz CT molecular complexity index is 600. The number of hydrogen-bond donors (Lipinski definition) is 0. The second-order valence-electron chi connectivity index (χ2n) is 6.19. The molecule has 0 bridgehead atoms. The Morgan fingerprint density at radius 3 is 2.68 bits per heavy atom. The van der Waals surface area contributed by atoms with E-state index in [0.29, 0.717) is 29.0 Å². The predicted octanol–water partition coefficient (Wildman–Crippen LogP) is 4.24. The molecule has 0 spiro atoms. The molecular formula is C17H20ClNO3. The number of aliphatic imine (C=N–C) groups is 1. The maximum atomic E-state index is 10.8. The van der Waals surface area contributed by atoms with Gasteiger partial charge in [0.15, 0.2) is 11.5 Å². The summed E-state index contributed by atoms with van der Waals surface area (Å²) < 4.78 is 11.3. The molecule has 2 fully saturated rings. The fourth-order valence-corrected chi connectivity index (χ4v) is 3.39. The fraction of sp³-hybridized carbons (Fsp3) is 0.588. The third-order valence-corrected chi connectivity index (χ3v) is 4.90. The molecule has 0 amide bonds. The van der Waals surface area contributed by atoms with Crippen molar-refractivity contribution >= 4 is 17.7 Å². The number of isocyanates is 1. The van der Waals surface area contributed by atoms with Gasteiger partial charge in [-0.25, -0.2) is 4.79 Å². The summed E-state index contributed by atoms with van der Waals surface area (Å²) in [6.07, 6.45) is 7.93. The van der Waals surface area contributed by atoms with Crippen molar-refractivity contribution in [2.45, 2.75) is 44.1 Å². The Morgan fingerprint density at radius 1 is 1.36 bits per heavy atom. The van der Waals surface area contributed by atoms with Crippen LogP contribution >= 0.6 is 11.6 Å². The van der Waals surface area contributed by atoms with E-state index in [1.54, 1.807) is 13.2 Å². The van der Waals surface area contributed by atoms with Gasteiger partial charge in [-0.2, -0.15) is 4.99 Å². The summed E-state index contributed by atoms with van der Waals surface area (Å²) >= 11 is 6.41. The van der Waals surface area contributed by atoms with Crippen LogP contribution in [-0.2, 0) is 10.3 Å². The normalized spacial score (nSPS) is 19.5. The fourth-order valence-electron chi connectivity index (χ4n) is 3.13. The van der Waals surface area contributed by atoms with Crippen LogP contribution in [-0.4, -0.2) is 19.8 Å². The minimum atomic E-state index is -0.506. The second-order valence-corrected chi connectivity index (χ2v) is 6.59. The molecule has 0 unspecified atom stereocenters. The van der Waals surface area contributed by atoms with Crippen LogP contribution in [0.5, 0.6) is 11.5 Å². The topological polar surface area (TPSA) is 47.9 Å². The molecule has 2 aliphatic carbocycles. The van der Waals surface area contributed by atoms with Crippen LogP contribution in [0.1, 0.15) is 44.1 Å². The summed E-state index contributed by atoms with van der Waals surface area (Å²) in [5.41, 5.74) is 0.405. The summed E-state index contributed by atoms with van der Waals surface area (Å²) in [5.74, 6) is 1.83. The minimum absolute atomic E-state index is 0.506. The van der Waals surface area contributed by atoms with Gasteiger partial charge in [0.25, 0.3) is 0 Å². The predicted molar refractivity (Wildman–Crippen MR) is 84.5 cm³/mol. The lowest BCUT2D eigenvalue weighted by molar-refractivity contribution is 0.280. The number of benzene rings is 1. The highest BCUT2D eigenvalue weighted by atomic mass is 35.5. The van der Waals surface area contributed by atoms with Gasteiger partial charge in [-0.15, -0.1) is 0 Å². The number of nitrogens with zero attached hydrogens (tertiary/aromatic N) is 1. The van der Waals surface area contributed by atoms with Crippen molar-refractivity contribution in [1.29, 1.82) is 0 Å². The molecule has 0 aliphatic heterocycles. The lowest BCUT2D eigenvalue weighted by Crippen LogP contribution is -2.19. The first-order valence-electron chi connectivity index (χ1n) is 7.78. The standard InChI is InChI=1S/C17H20ClNO3/c1-21-15-9-13(17(19-11-20)6-2-3-7-17)8-14(18)16(15)22-10-12-4-5-12/h8-9,12H,2-7,10H2,1H3. The molecule has 0 saturated heterocycles. The van der Waals surface area contributed by atoms with Gasteiger partial charge in [-0.1, -0.05) is 24.4 Å². The number of methoxy groups -OCH3 is 1. The molecule has 118 valence electrons. The van der Waals surface area contributed by atoms with Gasteiger partial charge in [-0.3, -0.25) is 0 Å². The highest BCUT2D eigenvalue weighted by molar-refractivity contribution is 6.32. The molecule has 0 radical (unpaired) electrons. The number of hydrogen-bond acceptors (Lipinski definition) is 4. The van der Waals surface area contributed by atoms with Crippen molar-refractivity contribution in [2.75, 3.05) is 13.7 Å². The summed E-state index contributed by atoms with van der Waals surface area (Å²) in [6, 6.07) is 3.76. The van der Waals surface area contributed by atoms with Gasteiger partial charge < -0.3 is 9.47 Å². The summed E-state index contributed by atoms with van der Waals surface area (Å²) in [6.45, 7) is 0.674. The van der Waals surface area contributed by atoms with Gasteiger partial charge in [0.2, 0.25) is 6.08 Å². The molecule has 0 atom stereocenters. The lowest BCUT2D eigenvalue weighted by atomic mass is 9.88. The Labute approximate surface area is 135 Å². The van der Waals surface area contributed by atoms with Crippen molar-refractivity contribution in [3.63, 3.8) is 0 Å². The van der Waals surface area contributed by atoms with Crippen molar-refractivity contribution in [3.05, 3.63) is 22.7 Å². The summed E-state index contributed by atoms with van der Waals surface area (Å²) in [4.78, 5) is 14.9. The molecule has 0 N–H and O–H groups in total. The first-order chi connectivity index (χ1) is 10.7. The van der Waals surface area contributed by atoms with Crippen LogP contribution in [0.15, 0.2) is 17.1 Å². The third kappa shape index (κ3) is 2.99. The first kappa shape index (κ1) is 15.4. The number of rotatable bonds is 6. The van der Waals surface area contributed by atoms with Crippen LogP contribution in [0, 0.1) is 5.92 Å². The Balaban J connectivity index is 1.94. The highest BCUT2D eigenvalue weighted by Gasteiger charge is 2.37. The number of carbonyl (C=O) groups excluding carboxylic acids is 1. The maximum Gasteiger partial charge on any atom is 0.235 e. The molecule has 0 heterocycles. The molecule has 4 nitrogen and oxygen atoms in total. The maximum absolute atomic E-state index is 10.8. The van der Waals surface area contributed by atoms with E-state index in [0.717, 1.165) is 31.2 Å². The highest BCUT2D eigenvalue weighted by Crippen LogP contribution is 2.47. The van der Waals surface area contributed by atoms with E-state index in [-0.39, 0.29) is 0 Å². The van der Waals surface area contributed by atoms with Crippen LogP contribution in [0.25, 0.3) is 0 Å². The van der Waals surface area contributed by atoms with Crippen LogP contribution in [0.3, 0.4) is 0 Å². The van der Waals surface area contributed by atoms with Crippen molar-refractivity contribution in [2.24, 2.45) is 10.9 Å². The summed E-state index contributed by atoms with van der Waals surface area (Å²) in [5, 5.41) is 0.516. The van der Waals surface area contributed by atoms with E-state index in [2.05, 4.69) is 4.99 Å². The Kier molecular flexibility index (Phi) is 4.42. The van der Waals surface area contributed by atoms with E-state index in [9.17, 15) is 4.79 Å². The quantitative estimate of drug-likeness (QED) is 0.581. The molecule has 1 aromatic carbocycles. The zero-order chi connectivity index (χ0) is 15.6. The largest absolute Gasteiger partial charge is 0.493 e. The molecular weight excluding hydrogens is 302 g/mol. The van der Waals surface area contributed by atoms with Crippen molar-refractivity contribution in [3.8, 4) is 11.5 Å². The monoisotopic (exact) mass is 321 g/mol. The molecule has 5 heteroatoms. The van der Waals surface area contributed by atoms with Crippen LogP contribution in [0.4, 0.5) is 0 Å². The minimum Gasteiger partial charge on any atom is -0.493 e. The average molecular weight is 322 g/mol. The zero-order valence-corrected chi connectivity index (χ0v) is 13.5. The first-order valence-corrected chi connectivity index (χ1v) is 8.16. The summed E-state index contributed by atoms with van der Waals surface area (Å²) in [7, 11) is 1.60. The molecule has 22 heavy (non-hydrogen) atoms. The van der Waals surface area contributed by atoms with E-state index < -0.39 is 5.54 Å². The van der Waals surface area contributed by atoms with E-state index in [1.165, 1.54) is 12.8 Å². The van der Waals surface area contributed by atoms with Crippen molar-refractivity contribution < 1.29 is 14.3 Å². The second kappa shape index (κ2) is 6.31. The number of ether oxygens (including phenoxy) is 2. The van der Waals surface area contributed by atoms with E-state index >= 15 is 0 Å². The van der Waals surface area contributed by atoms with Crippen molar-refractivity contribution in [1.82, 2.24) is 0 Å². The molecule has 0 aromatic heterocycles. The molecule has 1 aromatic rings. The lowest BCUT2D eigenvalue weighted by Gasteiger charge is -2.24. The number of halogens is 1. The average Bonchev–Trinajstić information content (AvgIpc) is 3.22. The van der Waals surface area contributed by atoms with Gasteiger partial charge in [0.1, 0.15) is 0 Å². The van der Waals surface area contributed by atoms with Gasteiger partial charge in [0, 0.05) is 0 Å². The van der Waals surface area contributed by atoms with E-state index in [1.807, 2.05) is 12.1 Å². The molecule has 2 aliphatic rings. The smallest absolute Gasteiger partial charge is 0.235 e. The van der Waals surface area contributed by atoms with E-state index in [4.69, 9.17) is 21.1 Å². The molecule has 2 saturated carbocycles. The SMILES string of the molecule is COc1cc(C2(N=C=O)CCCC2)cc(Cl)c1OCC1CC1. The molecule has 3 rings (SSSR count). The zero-order valence-electron chi connectivity index (χ0n) is 12.7. The van der Waals surface area contributed by atoms with Crippen LogP contribution in [0.2, 0.25) is 5.02 Å². The van der Waals surface area contributed by atoms with Gasteiger partial charge in [0.05, 0.1) is 24.3 Å².